The summed E-state index contributed by atoms with van der Waals surface area (Å²) in [5, 5.41) is 4.38. The Labute approximate surface area is 185 Å². The molecule has 0 aromatic carbocycles. The van der Waals surface area contributed by atoms with Crippen molar-refractivity contribution >= 4 is 39.2 Å². The highest BCUT2D eigenvalue weighted by molar-refractivity contribution is 7.99. The van der Waals surface area contributed by atoms with Gasteiger partial charge in [0.05, 0.1) is 23.8 Å². The molecule has 8 heteroatoms. The molecule has 1 N–H and O–H groups in total. The first-order valence-electron chi connectivity index (χ1n) is 11.0. The van der Waals surface area contributed by atoms with E-state index in [1.807, 2.05) is 0 Å². The second-order valence-corrected chi connectivity index (χ2v) is 11.0. The number of carbonyl (C=O) groups excluding carboxylic acids is 1. The standard InChI is InChI=1S/C22H31N3O3S2/c1-13(2)10-23-18(26)12-29-22-24-20-19(16-7-6-14(3)9-17(16)30-20)21(27)25(22)11-15-5-4-8-28-15/h13-15H,4-12H2,1-3H3,(H,23,26). The first-order chi connectivity index (χ1) is 14.4. The number of rotatable bonds is 7. The number of hydrogen-bond acceptors (Lipinski definition) is 6. The van der Waals surface area contributed by atoms with Gasteiger partial charge in [-0.1, -0.05) is 32.5 Å². The summed E-state index contributed by atoms with van der Waals surface area (Å²) in [6.07, 6.45) is 5.14. The molecule has 2 aliphatic rings. The maximum Gasteiger partial charge on any atom is 0.263 e. The summed E-state index contributed by atoms with van der Waals surface area (Å²) >= 11 is 3.02. The van der Waals surface area contributed by atoms with Crippen LogP contribution in [0.4, 0.5) is 0 Å². The smallest absolute Gasteiger partial charge is 0.263 e. The molecule has 6 nitrogen and oxygen atoms in total. The minimum Gasteiger partial charge on any atom is -0.376 e. The Morgan fingerprint density at radius 3 is 2.97 bits per heavy atom. The van der Waals surface area contributed by atoms with Crippen LogP contribution in [0.1, 0.15) is 50.5 Å². The molecule has 1 aliphatic carbocycles. The van der Waals surface area contributed by atoms with Crippen LogP contribution in [0.3, 0.4) is 0 Å². The fraction of sp³-hybridized carbons (Fsp3) is 0.682. The fourth-order valence-corrected chi connectivity index (χ4v) is 6.43. The van der Waals surface area contributed by atoms with Crippen molar-refractivity contribution in [1.82, 2.24) is 14.9 Å². The highest BCUT2D eigenvalue weighted by Crippen LogP contribution is 2.36. The predicted octanol–water partition coefficient (Wildman–Crippen LogP) is 3.63. The van der Waals surface area contributed by atoms with Gasteiger partial charge in [-0.3, -0.25) is 14.2 Å². The van der Waals surface area contributed by atoms with Gasteiger partial charge in [0.25, 0.3) is 5.56 Å². The largest absolute Gasteiger partial charge is 0.376 e. The Hall–Kier alpha value is -1.38. The summed E-state index contributed by atoms with van der Waals surface area (Å²) in [7, 11) is 0. The van der Waals surface area contributed by atoms with Crippen molar-refractivity contribution in [1.29, 1.82) is 0 Å². The van der Waals surface area contributed by atoms with Gasteiger partial charge in [-0.2, -0.15) is 0 Å². The molecule has 2 unspecified atom stereocenters. The van der Waals surface area contributed by atoms with Crippen LogP contribution in [-0.4, -0.2) is 40.5 Å². The molecule has 0 radical (unpaired) electrons. The molecule has 1 aliphatic heterocycles. The van der Waals surface area contributed by atoms with E-state index in [0.29, 0.717) is 30.1 Å². The second-order valence-electron chi connectivity index (χ2n) is 8.96. The molecule has 4 rings (SSSR count). The molecule has 2 aromatic rings. The van der Waals surface area contributed by atoms with Crippen molar-refractivity contribution < 1.29 is 9.53 Å². The number of nitrogens with one attached hydrogen (secondary N) is 1. The number of fused-ring (bicyclic) bond motifs is 3. The van der Waals surface area contributed by atoms with Crippen molar-refractivity contribution in [3.63, 3.8) is 0 Å². The van der Waals surface area contributed by atoms with Crippen LogP contribution in [0.25, 0.3) is 10.2 Å². The monoisotopic (exact) mass is 449 g/mol. The van der Waals surface area contributed by atoms with E-state index in [2.05, 4.69) is 26.1 Å². The van der Waals surface area contributed by atoms with Crippen LogP contribution in [-0.2, 0) is 28.9 Å². The molecule has 30 heavy (non-hydrogen) atoms. The van der Waals surface area contributed by atoms with Crippen molar-refractivity contribution in [2.24, 2.45) is 11.8 Å². The van der Waals surface area contributed by atoms with Crippen LogP contribution < -0.4 is 10.9 Å². The lowest BCUT2D eigenvalue weighted by molar-refractivity contribution is -0.118. The third-order valence-corrected chi connectivity index (χ3v) is 7.95. The first kappa shape index (κ1) is 21.8. The van der Waals surface area contributed by atoms with Crippen LogP contribution in [0.15, 0.2) is 9.95 Å². The number of aromatic nitrogens is 2. The maximum atomic E-state index is 13.6. The summed E-state index contributed by atoms with van der Waals surface area (Å²) in [6.45, 7) is 8.33. The zero-order chi connectivity index (χ0) is 21.3. The van der Waals surface area contributed by atoms with E-state index in [9.17, 15) is 9.59 Å². The number of aryl methyl sites for hydroxylation is 1. The minimum atomic E-state index is -0.0222. The number of thioether (sulfide) groups is 1. The van der Waals surface area contributed by atoms with E-state index in [0.717, 1.165) is 48.9 Å². The summed E-state index contributed by atoms with van der Waals surface area (Å²) in [5.41, 5.74) is 1.24. The number of amides is 1. The Morgan fingerprint density at radius 1 is 1.40 bits per heavy atom. The predicted molar refractivity (Wildman–Crippen MR) is 123 cm³/mol. The summed E-state index contributed by atoms with van der Waals surface area (Å²) in [5.74, 6) is 1.30. The highest BCUT2D eigenvalue weighted by Gasteiger charge is 2.26. The molecule has 1 amide bonds. The number of carbonyl (C=O) groups is 1. The lowest BCUT2D eigenvalue weighted by Gasteiger charge is -2.18. The Bertz CT molecular complexity index is 976. The molecule has 1 fully saturated rings. The lowest BCUT2D eigenvalue weighted by Crippen LogP contribution is -2.31. The molecular weight excluding hydrogens is 418 g/mol. The van der Waals surface area contributed by atoms with Gasteiger partial charge >= 0.3 is 0 Å². The minimum absolute atomic E-state index is 0.0222. The van der Waals surface area contributed by atoms with Gasteiger partial charge in [-0.25, -0.2) is 4.98 Å². The van der Waals surface area contributed by atoms with Gasteiger partial charge in [-0.05, 0) is 49.5 Å². The molecule has 0 spiro atoms. The quantitative estimate of drug-likeness (QED) is 0.516. The maximum absolute atomic E-state index is 13.6. The zero-order valence-corrected chi connectivity index (χ0v) is 19.7. The summed E-state index contributed by atoms with van der Waals surface area (Å²) < 4.78 is 7.57. The topological polar surface area (TPSA) is 73.2 Å². The zero-order valence-electron chi connectivity index (χ0n) is 18.0. The Balaban J connectivity index is 1.66. The number of thiophene rings is 1. The van der Waals surface area contributed by atoms with Gasteiger partial charge < -0.3 is 10.1 Å². The fourth-order valence-electron chi connectivity index (χ4n) is 4.17. The van der Waals surface area contributed by atoms with E-state index >= 15 is 0 Å². The molecule has 0 bridgehead atoms. The third-order valence-electron chi connectivity index (χ3n) is 5.83. The van der Waals surface area contributed by atoms with Gasteiger partial charge in [0.1, 0.15) is 4.83 Å². The van der Waals surface area contributed by atoms with Gasteiger partial charge in [0.2, 0.25) is 5.91 Å². The lowest BCUT2D eigenvalue weighted by atomic mass is 9.89. The van der Waals surface area contributed by atoms with Crippen molar-refractivity contribution in [2.45, 2.75) is 70.7 Å². The van der Waals surface area contributed by atoms with Crippen LogP contribution in [0, 0.1) is 11.8 Å². The molecule has 3 heterocycles. The second kappa shape index (κ2) is 9.40. The SMILES string of the molecule is CC(C)CNC(=O)CSc1nc2sc3c(c2c(=O)n1CC1CCCO1)CCC(C)C3. The molecule has 0 saturated carbocycles. The van der Waals surface area contributed by atoms with Crippen LogP contribution in [0.5, 0.6) is 0 Å². The Kier molecular flexibility index (Phi) is 6.85. The van der Waals surface area contributed by atoms with E-state index in [4.69, 9.17) is 9.72 Å². The first-order valence-corrected chi connectivity index (χ1v) is 12.8. The molecule has 1 saturated heterocycles. The van der Waals surface area contributed by atoms with Crippen LogP contribution >= 0.6 is 23.1 Å². The summed E-state index contributed by atoms with van der Waals surface area (Å²) in [4.78, 5) is 32.8. The Morgan fingerprint density at radius 2 is 2.23 bits per heavy atom. The number of nitrogens with zero attached hydrogens (tertiary/aromatic N) is 2. The van der Waals surface area contributed by atoms with Gasteiger partial charge in [-0.15, -0.1) is 11.3 Å². The van der Waals surface area contributed by atoms with E-state index in [1.165, 1.54) is 22.2 Å². The molecule has 2 atom stereocenters. The summed E-state index contributed by atoms with van der Waals surface area (Å²) in [6, 6.07) is 0. The number of ether oxygens (including phenoxy) is 1. The van der Waals surface area contributed by atoms with Crippen molar-refractivity contribution in [2.75, 3.05) is 18.9 Å². The van der Waals surface area contributed by atoms with Crippen molar-refractivity contribution in [3.05, 3.63) is 20.8 Å². The average Bonchev–Trinajstić information content (AvgIpc) is 3.34. The highest BCUT2D eigenvalue weighted by atomic mass is 32.2. The molecule has 164 valence electrons. The van der Waals surface area contributed by atoms with Crippen LogP contribution in [0.2, 0.25) is 0 Å². The number of hydrogen-bond donors (Lipinski definition) is 1. The molecular formula is C22H31N3O3S2. The third kappa shape index (κ3) is 4.75. The van der Waals surface area contributed by atoms with Gasteiger partial charge in [0.15, 0.2) is 5.16 Å². The average molecular weight is 450 g/mol. The normalized spacial score (nSPS) is 21.3. The van der Waals surface area contributed by atoms with E-state index in [1.54, 1.807) is 15.9 Å². The van der Waals surface area contributed by atoms with Crippen molar-refractivity contribution in [3.8, 4) is 0 Å². The van der Waals surface area contributed by atoms with E-state index < -0.39 is 0 Å². The van der Waals surface area contributed by atoms with E-state index in [-0.39, 0.29) is 23.3 Å². The van der Waals surface area contributed by atoms with Gasteiger partial charge in [0, 0.05) is 18.0 Å². The molecule has 2 aromatic heterocycles.